The van der Waals surface area contributed by atoms with Crippen molar-refractivity contribution < 1.29 is 9.13 Å². The largest absolute Gasteiger partial charge is 0.486 e. The van der Waals surface area contributed by atoms with Gasteiger partial charge in [-0.05, 0) is 48.7 Å². The van der Waals surface area contributed by atoms with Crippen LogP contribution in [0.15, 0.2) is 66.9 Å². The maximum atomic E-state index is 14.5. The SMILES string of the molecule is Cc1cc(C)c2cnn(-c3ccc(OCc4ccccc4)c(F)c3)c2c1. The second-order valence-electron chi connectivity index (χ2n) is 6.46. The molecule has 130 valence electrons. The van der Waals surface area contributed by atoms with Crippen LogP contribution >= 0.6 is 0 Å². The first-order chi connectivity index (χ1) is 12.6. The molecule has 0 aliphatic carbocycles. The second-order valence-corrected chi connectivity index (χ2v) is 6.46. The zero-order chi connectivity index (χ0) is 18.1. The lowest BCUT2D eigenvalue weighted by molar-refractivity contribution is 0.290. The van der Waals surface area contributed by atoms with Crippen LogP contribution in [0.2, 0.25) is 0 Å². The zero-order valence-corrected chi connectivity index (χ0v) is 14.7. The number of hydrogen-bond donors (Lipinski definition) is 0. The third-order valence-corrected chi connectivity index (χ3v) is 4.44. The number of nitrogens with zero attached hydrogens (tertiary/aromatic N) is 2. The van der Waals surface area contributed by atoms with Crippen LogP contribution in [0.1, 0.15) is 16.7 Å². The molecule has 0 saturated heterocycles. The summed E-state index contributed by atoms with van der Waals surface area (Å²) in [6, 6.07) is 18.8. The van der Waals surface area contributed by atoms with Crippen molar-refractivity contribution in [1.29, 1.82) is 0 Å². The monoisotopic (exact) mass is 346 g/mol. The molecule has 3 nitrogen and oxygen atoms in total. The number of benzene rings is 3. The van der Waals surface area contributed by atoms with Crippen LogP contribution in [0.3, 0.4) is 0 Å². The number of aryl methyl sites for hydroxylation is 2. The topological polar surface area (TPSA) is 27.1 Å². The number of ether oxygens (including phenoxy) is 1. The molecular formula is C22H19FN2O. The van der Waals surface area contributed by atoms with Crippen LogP contribution in [-0.2, 0) is 6.61 Å². The molecule has 4 aromatic rings. The van der Waals surface area contributed by atoms with Gasteiger partial charge in [0, 0.05) is 11.5 Å². The molecule has 0 spiro atoms. The first kappa shape index (κ1) is 16.3. The van der Waals surface area contributed by atoms with E-state index in [1.807, 2.05) is 49.5 Å². The summed E-state index contributed by atoms with van der Waals surface area (Å²) in [5, 5.41) is 5.51. The average molecular weight is 346 g/mol. The maximum absolute atomic E-state index is 14.5. The molecule has 0 atom stereocenters. The van der Waals surface area contributed by atoms with Gasteiger partial charge in [0.25, 0.3) is 0 Å². The van der Waals surface area contributed by atoms with Gasteiger partial charge in [-0.25, -0.2) is 9.07 Å². The number of hydrogen-bond acceptors (Lipinski definition) is 2. The second kappa shape index (κ2) is 6.64. The van der Waals surface area contributed by atoms with Gasteiger partial charge in [0.2, 0.25) is 0 Å². The van der Waals surface area contributed by atoms with Crippen LogP contribution < -0.4 is 4.74 Å². The van der Waals surface area contributed by atoms with Crippen molar-refractivity contribution >= 4 is 10.9 Å². The summed E-state index contributed by atoms with van der Waals surface area (Å²) in [4.78, 5) is 0. The third kappa shape index (κ3) is 3.06. The van der Waals surface area contributed by atoms with E-state index >= 15 is 0 Å². The van der Waals surface area contributed by atoms with Gasteiger partial charge in [0.1, 0.15) is 6.61 Å². The molecule has 0 aliphatic heterocycles. The lowest BCUT2D eigenvalue weighted by atomic mass is 10.1. The lowest BCUT2D eigenvalue weighted by Crippen LogP contribution is -2.00. The summed E-state index contributed by atoms with van der Waals surface area (Å²) in [6.45, 7) is 4.44. The molecule has 0 amide bonds. The predicted molar refractivity (Wildman–Crippen MR) is 101 cm³/mol. The van der Waals surface area contributed by atoms with E-state index < -0.39 is 5.82 Å². The highest BCUT2D eigenvalue weighted by Crippen LogP contribution is 2.26. The van der Waals surface area contributed by atoms with Crippen molar-refractivity contribution in [3.05, 3.63) is 89.4 Å². The maximum Gasteiger partial charge on any atom is 0.167 e. The molecule has 0 unspecified atom stereocenters. The fourth-order valence-corrected chi connectivity index (χ4v) is 3.16. The van der Waals surface area contributed by atoms with E-state index in [1.54, 1.807) is 10.7 Å². The fourth-order valence-electron chi connectivity index (χ4n) is 3.16. The molecule has 0 radical (unpaired) electrons. The molecule has 1 aromatic heterocycles. The molecule has 26 heavy (non-hydrogen) atoms. The molecule has 0 saturated carbocycles. The van der Waals surface area contributed by atoms with Crippen molar-refractivity contribution in [2.24, 2.45) is 0 Å². The molecule has 0 bridgehead atoms. The van der Waals surface area contributed by atoms with Gasteiger partial charge in [-0.15, -0.1) is 0 Å². The van der Waals surface area contributed by atoms with Gasteiger partial charge < -0.3 is 4.74 Å². The zero-order valence-electron chi connectivity index (χ0n) is 14.7. The number of halogens is 1. The molecule has 3 aromatic carbocycles. The van der Waals surface area contributed by atoms with Gasteiger partial charge in [0.05, 0.1) is 17.4 Å². The molecular weight excluding hydrogens is 327 g/mol. The average Bonchev–Trinajstić information content (AvgIpc) is 3.05. The number of aromatic nitrogens is 2. The fraction of sp³-hybridized carbons (Fsp3) is 0.136. The Morgan fingerprint density at radius 3 is 2.58 bits per heavy atom. The Hall–Kier alpha value is -3.14. The summed E-state index contributed by atoms with van der Waals surface area (Å²) in [5.41, 5.74) is 4.96. The van der Waals surface area contributed by atoms with Crippen molar-refractivity contribution in [2.45, 2.75) is 20.5 Å². The van der Waals surface area contributed by atoms with Gasteiger partial charge >= 0.3 is 0 Å². The smallest absolute Gasteiger partial charge is 0.167 e. The number of rotatable bonds is 4. The Morgan fingerprint density at radius 1 is 1.00 bits per heavy atom. The van der Waals surface area contributed by atoms with E-state index in [9.17, 15) is 4.39 Å². The van der Waals surface area contributed by atoms with E-state index in [1.165, 1.54) is 6.07 Å². The van der Waals surface area contributed by atoms with Crippen LogP contribution in [-0.4, -0.2) is 9.78 Å². The van der Waals surface area contributed by atoms with E-state index in [2.05, 4.69) is 24.2 Å². The number of fused-ring (bicyclic) bond motifs is 1. The minimum absolute atomic E-state index is 0.237. The summed E-state index contributed by atoms with van der Waals surface area (Å²) >= 11 is 0. The van der Waals surface area contributed by atoms with Crippen molar-refractivity contribution in [2.75, 3.05) is 0 Å². The van der Waals surface area contributed by atoms with Crippen molar-refractivity contribution in [3.8, 4) is 11.4 Å². The molecule has 0 N–H and O–H groups in total. The first-order valence-electron chi connectivity index (χ1n) is 8.53. The molecule has 4 heteroatoms. The molecule has 0 aliphatic rings. The van der Waals surface area contributed by atoms with Crippen LogP contribution in [0.25, 0.3) is 16.6 Å². The summed E-state index contributed by atoms with van der Waals surface area (Å²) in [7, 11) is 0. The highest BCUT2D eigenvalue weighted by molar-refractivity contribution is 5.84. The molecule has 4 rings (SSSR count). The van der Waals surface area contributed by atoms with Crippen LogP contribution in [0, 0.1) is 19.7 Å². The van der Waals surface area contributed by atoms with Gasteiger partial charge in [-0.2, -0.15) is 5.10 Å². The minimum atomic E-state index is -0.397. The highest BCUT2D eigenvalue weighted by Gasteiger charge is 2.11. The standard InChI is InChI=1S/C22H19FN2O/c1-15-10-16(2)19-13-24-25(21(19)11-15)18-8-9-22(20(23)12-18)26-14-17-6-4-3-5-7-17/h3-13H,14H2,1-2H3. The Bertz CT molecular complexity index is 1070. The summed E-state index contributed by atoms with van der Waals surface area (Å²) < 4.78 is 21.9. The Balaban J connectivity index is 1.64. The van der Waals surface area contributed by atoms with Crippen molar-refractivity contribution in [1.82, 2.24) is 9.78 Å². The quantitative estimate of drug-likeness (QED) is 0.497. The van der Waals surface area contributed by atoms with Crippen LogP contribution in [0.5, 0.6) is 5.75 Å². The third-order valence-electron chi connectivity index (χ3n) is 4.44. The summed E-state index contributed by atoms with van der Waals surface area (Å²) in [6.07, 6.45) is 1.82. The lowest BCUT2D eigenvalue weighted by Gasteiger charge is -2.10. The highest BCUT2D eigenvalue weighted by atomic mass is 19.1. The predicted octanol–water partition coefficient (Wildman–Crippen LogP) is 5.36. The Labute approximate surface area is 151 Å². The minimum Gasteiger partial charge on any atom is -0.486 e. The van der Waals surface area contributed by atoms with Crippen LogP contribution in [0.4, 0.5) is 4.39 Å². The molecule has 1 heterocycles. The van der Waals surface area contributed by atoms with Gasteiger partial charge in [-0.3, -0.25) is 0 Å². The van der Waals surface area contributed by atoms with Crippen molar-refractivity contribution in [3.63, 3.8) is 0 Å². The van der Waals surface area contributed by atoms with Gasteiger partial charge in [-0.1, -0.05) is 36.4 Å². The molecule has 0 fully saturated rings. The first-order valence-corrected chi connectivity index (χ1v) is 8.53. The van der Waals surface area contributed by atoms with E-state index in [-0.39, 0.29) is 5.75 Å². The van der Waals surface area contributed by atoms with E-state index in [0.717, 1.165) is 27.6 Å². The Morgan fingerprint density at radius 2 is 1.81 bits per heavy atom. The summed E-state index contributed by atoms with van der Waals surface area (Å²) in [5.74, 6) is -0.159. The van der Waals surface area contributed by atoms with E-state index in [0.29, 0.717) is 12.3 Å². The normalized spacial score (nSPS) is 11.0. The van der Waals surface area contributed by atoms with E-state index in [4.69, 9.17) is 4.74 Å². The Kier molecular flexibility index (Phi) is 4.17. The van der Waals surface area contributed by atoms with Gasteiger partial charge in [0.15, 0.2) is 11.6 Å².